The number of benzene rings is 1. The van der Waals surface area contributed by atoms with Gasteiger partial charge in [-0.05, 0) is 17.5 Å². The highest BCUT2D eigenvalue weighted by Gasteiger charge is 2.05. The molecular weight excluding hydrogens is 188 g/mol. The number of nitriles is 1. The number of rotatable bonds is 1. The number of pyridine rings is 1. The third-order valence-electron chi connectivity index (χ3n) is 2.48. The zero-order valence-electron chi connectivity index (χ0n) is 8.40. The Bertz CT molecular complexity index is 605. The van der Waals surface area contributed by atoms with Crippen LogP contribution in [0, 0.1) is 11.3 Å². The number of hydrogen-bond acceptors (Lipinski definition) is 2. The molecule has 0 aliphatic heterocycles. The van der Waals surface area contributed by atoms with Gasteiger partial charge in [-0.3, -0.25) is 4.79 Å². The monoisotopic (exact) mass is 198 g/mol. The van der Waals surface area contributed by atoms with Crippen molar-refractivity contribution in [3.8, 4) is 6.07 Å². The number of aromatic nitrogens is 1. The van der Waals surface area contributed by atoms with Gasteiger partial charge in [-0.1, -0.05) is 18.2 Å². The van der Waals surface area contributed by atoms with E-state index in [0.29, 0.717) is 5.56 Å². The Morgan fingerprint density at radius 3 is 2.87 bits per heavy atom. The van der Waals surface area contributed by atoms with Crippen LogP contribution in [-0.4, -0.2) is 4.57 Å². The van der Waals surface area contributed by atoms with E-state index in [9.17, 15) is 4.79 Å². The molecule has 0 N–H and O–H groups in total. The summed E-state index contributed by atoms with van der Waals surface area (Å²) < 4.78 is 1.59. The molecule has 0 aliphatic carbocycles. The van der Waals surface area contributed by atoms with Gasteiger partial charge < -0.3 is 4.57 Å². The summed E-state index contributed by atoms with van der Waals surface area (Å²) in [6.07, 6.45) is 0.164. The van der Waals surface area contributed by atoms with E-state index in [4.69, 9.17) is 5.26 Å². The van der Waals surface area contributed by atoms with E-state index < -0.39 is 0 Å². The molecule has 0 saturated heterocycles. The Labute approximate surface area is 87.2 Å². The first-order chi connectivity index (χ1) is 7.24. The van der Waals surface area contributed by atoms with Gasteiger partial charge in [0.05, 0.1) is 18.0 Å². The molecule has 1 heterocycles. The number of nitrogens with zero attached hydrogens (tertiary/aromatic N) is 2. The topological polar surface area (TPSA) is 45.8 Å². The first-order valence-electron chi connectivity index (χ1n) is 4.68. The normalized spacial score (nSPS) is 10.1. The first-order valence-corrected chi connectivity index (χ1v) is 4.68. The maximum absolute atomic E-state index is 11.8. The molecule has 3 heteroatoms. The third-order valence-corrected chi connectivity index (χ3v) is 2.48. The van der Waals surface area contributed by atoms with Crippen LogP contribution in [0.5, 0.6) is 0 Å². The lowest BCUT2D eigenvalue weighted by Crippen LogP contribution is -2.20. The van der Waals surface area contributed by atoms with Crippen molar-refractivity contribution >= 4 is 10.9 Å². The summed E-state index contributed by atoms with van der Waals surface area (Å²) in [6, 6.07) is 11.4. The van der Waals surface area contributed by atoms with E-state index in [2.05, 4.69) is 0 Å². The van der Waals surface area contributed by atoms with Crippen LogP contribution in [0.15, 0.2) is 35.1 Å². The maximum atomic E-state index is 11.8. The number of hydrogen-bond donors (Lipinski definition) is 0. The summed E-state index contributed by atoms with van der Waals surface area (Å²) in [5, 5.41) is 9.60. The van der Waals surface area contributed by atoms with E-state index in [1.165, 1.54) is 0 Å². The molecule has 2 aromatic rings. The standard InChI is InChI=1S/C12H10N2O/c1-14-11-5-3-2-4-9(11)8-10(6-7-13)12(14)15/h2-5,8H,6H2,1H3. The van der Waals surface area contributed by atoms with Gasteiger partial charge in [0.25, 0.3) is 5.56 Å². The number of aryl methyl sites for hydroxylation is 1. The summed E-state index contributed by atoms with van der Waals surface area (Å²) in [6.45, 7) is 0. The van der Waals surface area contributed by atoms with Gasteiger partial charge in [0.2, 0.25) is 0 Å². The van der Waals surface area contributed by atoms with Crippen LogP contribution in [0.1, 0.15) is 5.56 Å². The van der Waals surface area contributed by atoms with Crippen molar-refractivity contribution in [3.05, 3.63) is 46.2 Å². The Morgan fingerprint density at radius 2 is 2.13 bits per heavy atom. The second kappa shape index (κ2) is 3.58. The van der Waals surface area contributed by atoms with E-state index in [1.807, 2.05) is 30.3 Å². The highest BCUT2D eigenvalue weighted by molar-refractivity contribution is 5.79. The molecule has 0 spiro atoms. The van der Waals surface area contributed by atoms with E-state index in [1.54, 1.807) is 17.7 Å². The minimum atomic E-state index is -0.0877. The van der Waals surface area contributed by atoms with Gasteiger partial charge in [-0.15, -0.1) is 0 Å². The zero-order chi connectivity index (χ0) is 10.8. The smallest absolute Gasteiger partial charge is 0.255 e. The molecule has 0 atom stereocenters. The van der Waals surface area contributed by atoms with Gasteiger partial charge in [0.15, 0.2) is 0 Å². The quantitative estimate of drug-likeness (QED) is 0.698. The largest absolute Gasteiger partial charge is 0.311 e. The number of fused-ring (bicyclic) bond motifs is 1. The summed E-state index contributed by atoms with van der Waals surface area (Å²) in [7, 11) is 1.73. The Balaban J connectivity index is 2.84. The Hall–Kier alpha value is -2.08. The molecule has 0 bridgehead atoms. The van der Waals surface area contributed by atoms with E-state index in [-0.39, 0.29) is 12.0 Å². The average molecular weight is 198 g/mol. The molecule has 0 fully saturated rings. The molecule has 0 amide bonds. The van der Waals surface area contributed by atoms with Crippen LogP contribution >= 0.6 is 0 Å². The molecule has 1 aromatic carbocycles. The predicted molar refractivity (Wildman–Crippen MR) is 58.5 cm³/mol. The van der Waals surface area contributed by atoms with Gasteiger partial charge in [0.1, 0.15) is 0 Å². The lowest BCUT2D eigenvalue weighted by Gasteiger charge is -2.06. The summed E-state index contributed by atoms with van der Waals surface area (Å²) in [5.74, 6) is 0. The lowest BCUT2D eigenvalue weighted by molar-refractivity contribution is 0.886. The minimum Gasteiger partial charge on any atom is -0.311 e. The molecule has 0 radical (unpaired) electrons. The summed E-state index contributed by atoms with van der Waals surface area (Å²) >= 11 is 0. The molecule has 15 heavy (non-hydrogen) atoms. The second-order valence-electron chi connectivity index (χ2n) is 3.43. The van der Waals surface area contributed by atoms with Gasteiger partial charge >= 0.3 is 0 Å². The molecule has 74 valence electrons. The van der Waals surface area contributed by atoms with Gasteiger partial charge in [-0.25, -0.2) is 0 Å². The molecule has 0 unspecified atom stereocenters. The van der Waals surface area contributed by atoms with Crippen molar-refractivity contribution in [2.75, 3.05) is 0 Å². The molecule has 0 saturated carbocycles. The molecule has 0 aliphatic rings. The fourth-order valence-corrected chi connectivity index (χ4v) is 1.70. The van der Waals surface area contributed by atoms with Crippen LogP contribution in [0.25, 0.3) is 10.9 Å². The minimum absolute atomic E-state index is 0.0877. The fraction of sp³-hybridized carbons (Fsp3) is 0.167. The van der Waals surface area contributed by atoms with Crippen LogP contribution in [0.4, 0.5) is 0 Å². The second-order valence-corrected chi connectivity index (χ2v) is 3.43. The summed E-state index contributed by atoms with van der Waals surface area (Å²) in [4.78, 5) is 11.8. The molecule has 2 rings (SSSR count). The first kappa shape index (κ1) is 9.47. The predicted octanol–water partition coefficient (Wildman–Crippen LogP) is 1.60. The number of para-hydroxylation sites is 1. The van der Waals surface area contributed by atoms with Crippen molar-refractivity contribution in [3.63, 3.8) is 0 Å². The SMILES string of the molecule is Cn1c(=O)c(CC#N)cc2ccccc21. The van der Waals surface area contributed by atoms with Crippen LogP contribution in [-0.2, 0) is 13.5 Å². The van der Waals surface area contributed by atoms with Gasteiger partial charge in [-0.2, -0.15) is 5.26 Å². The Kier molecular flexibility index (Phi) is 2.26. The van der Waals surface area contributed by atoms with Crippen LogP contribution in [0.3, 0.4) is 0 Å². The Morgan fingerprint density at radius 1 is 1.40 bits per heavy atom. The zero-order valence-corrected chi connectivity index (χ0v) is 8.40. The van der Waals surface area contributed by atoms with Crippen molar-refractivity contribution in [1.82, 2.24) is 4.57 Å². The maximum Gasteiger partial charge on any atom is 0.255 e. The highest BCUT2D eigenvalue weighted by Crippen LogP contribution is 2.12. The van der Waals surface area contributed by atoms with Crippen molar-refractivity contribution in [1.29, 1.82) is 5.26 Å². The molecule has 3 nitrogen and oxygen atoms in total. The lowest BCUT2D eigenvalue weighted by atomic mass is 10.1. The van der Waals surface area contributed by atoms with Crippen molar-refractivity contribution in [2.24, 2.45) is 7.05 Å². The molecular formula is C12H10N2O. The van der Waals surface area contributed by atoms with Crippen molar-refractivity contribution < 1.29 is 0 Å². The summed E-state index contributed by atoms with van der Waals surface area (Å²) in [5.41, 5.74) is 1.36. The van der Waals surface area contributed by atoms with E-state index >= 15 is 0 Å². The average Bonchev–Trinajstić information content (AvgIpc) is 2.26. The molecule has 1 aromatic heterocycles. The van der Waals surface area contributed by atoms with Crippen LogP contribution < -0.4 is 5.56 Å². The van der Waals surface area contributed by atoms with Crippen LogP contribution in [0.2, 0.25) is 0 Å². The third kappa shape index (κ3) is 1.50. The highest BCUT2D eigenvalue weighted by atomic mass is 16.1. The fourth-order valence-electron chi connectivity index (χ4n) is 1.70. The van der Waals surface area contributed by atoms with Crippen molar-refractivity contribution in [2.45, 2.75) is 6.42 Å². The van der Waals surface area contributed by atoms with E-state index in [0.717, 1.165) is 10.9 Å². The van der Waals surface area contributed by atoms with Gasteiger partial charge in [0, 0.05) is 12.6 Å².